The van der Waals surface area contributed by atoms with Gasteiger partial charge in [-0.05, 0) is 25.0 Å². The topological polar surface area (TPSA) is 77.7 Å². The quantitative estimate of drug-likeness (QED) is 0.809. The minimum absolute atomic E-state index is 0.223. The molecule has 2 aromatic rings. The number of halogens is 1. The fourth-order valence-corrected chi connectivity index (χ4v) is 2.72. The fourth-order valence-electron chi connectivity index (χ4n) is 1.81. The first-order valence-corrected chi connectivity index (χ1v) is 8.41. The second-order valence-electron chi connectivity index (χ2n) is 4.94. The number of nitrogens with zero attached hydrogens (tertiary/aromatic N) is 4. The van der Waals surface area contributed by atoms with E-state index in [2.05, 4.69) is 15.2 Å². The lowest BCUT2D eigenvalue weighted by Crippen LogP contribution is -2.12. The molecular formula is C12H15ClN4O2S. The van der Waals surface area contributed by atoms with Crippen molar-refractivity contribution in [1.82, 2.24) is 19.7 Å². The van der Waals surface area contributed by atoms with Crippen molar-refractivity contribution < 1.29 is 8.42 Å². The van der Waals surface area contributed by atoms with Crippen LogP contribution in [-0.4, -0.2) is 28.2 Å². The fraction of sp³-hybridized carbons (Fsp3) is 0.417. The molecule has 8 heteroatoms. The average molecular weight is 315 g/mol. The van der Waals surface area contributed by atoms with E-state index in [0.717, 1.165) is 5.69 Å². The van der Waals surface area contributed by atoms with Crippen LogP contribution in [0.25, 0.3) is 11.4 Å². The summed E-state index contributed by atoms with van der Waals surface area (Å²) in [5.74, 6) is 0.672. The van der Waals surface area contributed by atoms with Crippen molar-refractivity contribution in [2.75, 3.05) is 0 Å². The molecule has 0 aliphatic carbocycles. The highest BCUT2D eigenvalue weighted by atomic mass is 35.7. The van der Waals surface area contributed by atoms with E-state index in [9.17, 15) is 8.42 Å². The third-order valence-corrected chi connectivity index (χ3v) is 3.80. The molecule has 0 radical (unpaired) electrons. The van der Waals surface area contributed by atoms with Crippen molar-refractivity contribution >= 4 is 19.7 Å². The van der Waals surface area contributed by atoms with E-state index < -0.39 is 9.05 Å². The zero-order valence-electron chi connectivity index (χ0n) is 11.4. The van der Waals surface area contributed by atoms with Gasteiger partial charge in [-0.3, -0.25) is 9.55 Å². The molecular weight excluding hydrogens is 300 g/mol. The van der Waals surface area contributed by atoms with Gasteiger partial charge in [0.05, 0.1) is 0 Å². The minimum atomic E-state index is -3.93. The van der Waals surface area contributed by atoms with Crippen LogP contribution in [0.4, 0.5) is 0 Å². The second-order valence-corrected chi connectivity index (χ2v) is 7.40. The normalized spacial score (nSPS) is 12.1. The molecule has 0 bridgehead atoms. The van der Waals surface area contributed by atoms with E-state index >= 15 is 0 Å². The highest BCUT2D eigenvalue weighted by Gasteiger charge is 2.23. The highest BCUT2D eigenvalue weighted by Crippen LogP contribution is 2.23. The molecule has 2 aromatic heterocycles. The molecule has 0 saturated heterocycles. The summed E-state index contributed by atoms with van der Waals surface area (Å²) < 4.78 is 24.6. The summed E-state index contributed by atoms with van der Waals surface area (Å²) in [5.41, 5.74) is 1.57. The molecule has 6 nitrogen and oxygen atoms in total. The van der Waals surface area contributed by atoms with Crippen LogP contribution in [0.15, 0.2) is 23.5 Å². The maximum absolute atomic E-state index is 11.6. The lowest BCUT2D eigenvalue weighted by molar-refractivity contribution is 0.488. The highest BCUT2D eigenvalue weighted by molar-refractivity contribution is 8.13. The van der Waals surface area contributed by atoms with E-state index in [1.54, 1.807) is 6.20 Å². The summed E-state index contributed by atoms with van der Waals surface area (Å²) in [6, 6.07) is 3.66. The third-order valence-electron chi connectivity index (χ3n) is 2.65. The van der Waals surface area contributed by atoms with Crippen LogP contribution in [0.3, 0.4) is 0 Å². The zero-order chi connectivity index (χ0) is 14.9. The van der Waals surface area contributed by atoms with Crippen LogP contribution in [-0.2, 0) is 15.6 Å². The summed E-state index contributed by atoms with van der Waals surface area (Å²) in [7, 11) is 1.47. The van der Waals surface area contributed by atoms with Crippen LogP contribution in [0.5, 0.6) is 0 Å². The third kappa shape index (κ3) is 3.16. The van der Waals surface area contributed by atoms with E-state index in [0.29, 0.717) is 17.9 Å². The van der Waals surface area contributed by atoms with Gasteiger partial charge >= 0.3 is 0 Å². The number of rotatable bonds is 4. The van der Waals surface area contributed by atoms with Gasteiger partial charge < -0.3 is 0 Å². The Morgan fingerprint density at radius 1 is 1.30 bits per heavy atom. The van der Waals surface area contributed by atoms with Gasteiger partial charge in [0, 0.05) is 34.7 Å². The Labute approximate surface area is 122 Å². The second kappa shape index (κ2) is 5.49. The van der Waals surface area contributed by atoms with Crippen LogP contribution >= 0.6 is 10.7 Å². The van der Waals surface area contributed by atoms with Crippen LogP contribution in [0, 0.1) is 12.8 Å². The average Bonchev–Trinajstić information content (AvgIpc) is 2.72. The molecule has 108 valence electrons. The summed E-state index contributed by atoms with van der Waals surface area (Å²) >= 11 is 0. The number of hydrogen-bond donors (Lipinski definition) is 0. The van der Waals surface area contributed by atoms with Gasteiger partial charge in [0.1, 0.15) is 0 Å². The molecule has 0 aromatic carbocycles. The molecule has 0 saturated carbocycles. The Bertz CT molecular complexity index is 708. The molecule has 0 unspecified atom stereocenters. The standard InChI is InChI=1S/C12H15ClN4O2S/c1-8(2)7-17-11(10-5-4-9(3)14-6-10)15-16-12(17)20(13,18)19/h4-6,8H,7H2,1-3H3. The Hall–Kier alpha value is -1.47. The molecule has 2 heterocycles. The Morgan fingerprint density at radius 3 is 2.50 bits per heavy atom. The molecule has 0 aliphatic heterocycles. The Kier molecular flexibility index (Phi) is 4.10. The Morgan fingerprint density at radius 2 is 2.00 bits per heavy atom. The first-order valence-electron chi connectivity index (χ1n) is 6.10. The van der Waals surface area contributed by atoms with Crippen molar-refractivity contribution in [3.63, 3.8) is 0 Å². The lowest BCUT2D eigenvalue weighted by Gasteiger charge is -2.11. The van der Waals surface area contributed by atoms with E-state index in [4.69, 9.17) is 10.7 Å². The molecule has 0 N–H and O–H groups in total. The largest absolute Gasteiger partial charge is 0.297 e. The molecule has 0 fully saturated rings. The maximum atomic E-state index is 11.6. The van der Waals surface area contributed by atoms with Gasteiger partial charge in [-0.2, -0.15) is 0 Å². The van der Waals surface area contributed by atoms with Crippen LogP contribution in [0.1, 0.15) is 19.5 Å². The van der Waals surface area contributed by atoms with Gasteiger partial charge in [-0.25, -0.2) is 8.42 Å². The summed E-state index contributed by atoms with van der Waals surface area (Å²) in [5, 5.41) is 7.42. The van der Waals surface area contributed by atoms with Crippen molar-refractivity contribution in [3.05, 3.63) is 24.0 Å². The first kappa shape index (κ1) is 14.9. The van der Waals surface area contributed by atoms with Crippen molar-refractivity contribution in [3.8, 4) is 11.4 Å². The molecule has 0 aliphatic rings. The van der Waals surface area contributed by atoms with Crippen molar-refractivity contribution in [2.45, 2.75) is 32.5 Å². The van der Waals surface area contributed by atoms with Crippen molar-refractivity contribution in [2.24, 2.45) is 5.92 Å². The van der Waals surface area contributed by atoms with Gasteiger partial charge in [-0.1, -0.05) is 13.8 Å². The molecule has 2 rings (SSSR count). The number of pyridine rings is 1. The molecule has 0 amide bonds. The number of hydrogen-bond acceptors (Lipinski definition) is 5. The maximum Gasteiger partial charge on any atom is 0.296 e. The Balaban J connectivity index is 2.59. The van der Waals surface area contributed by atoms with Crippen molar-refractivity contribution in [1.29, 1.82) is 0 Å². The van der Waals surface area contributed by atoms with Gasteiger partial charge in [-0.15, -0.1) is 10.2 Å². The van der Waals surface area contributed by atoms with E-state index in [1.165, 1.54) is 4.57 Å². The van der Waals surface area contributed by atoms with Crippen LogP contribution in [0.2, 0.25) is 0 Å². The lowest BCUT2D eigenvalue weighted by atomic mass is 10.2. The van der Waals surface area contributed by atoms with Gasteiger partial charge in [0.15, 0.2) is 5.82 Å². The SMILES string of the molecule is Cc1ccc(-c2nnc(S(=O)(=O)Cl)n2CC(C)C)cn1. The monoisotopic (exact) mass is 314 g/mol. The molecule has 20 heavy (non-hydrogen) atoms. The predicted octanol–water partition coefficient (Wildman–Crippen LogP) is 2.23. The van der Waals surface area contributed by atoms with E-state index in [1.807, 2.05) is 32.9 Å². The van der Waals surface area contributed by atoms with Gasteiger partial charge in [0.25, 0.3) is 14.2 Å². The predicted molar refractivity (Wildman–Crippen MR) is 75.9 cm³/mol. The summed E-state index contributed by atoms with van der Waals surface area (Å²) in [4.78, 5) is 4.18. The minimum Gasteiger partial charge on any atom is -0.297 e. The molecule has 0 atom stereocenters. The number of aromatic nitrogens is 4. The zero-order valence-corrected chi connectivity index (χ0v) is 13.0. The smallest absolute Gasteiger partial charge is 0.296 e. The van der Waals surface area contributed by atoms with Gasteiger partial charge in [0.2, 0.25) is 0 Å². The first-order chi connectivity index (χ1) is 9.29. The van der Waals surface area contributed by atoms with Crippen LogP contribution < -0.4 is 0 Å². The summed E-state index contributed by atoms with van der Waals surface area (Å²) in [6.07, 6.45) is 1.64. The molecule has 0 spiro atoms. The summed E-state index contributed by atoms with van der Waals surface area (Å²) in [6.45, 7) is 6.28. The van der Waals surface area contributed by atoms with E-state index in [-0.39, 0.29) is 11.1 Å². The number of aryl methyl sites for hydroxylation is 1.